The lowest BCUT2D eigenvalue weighted by molar-refractivity contribution is -0.140. The SMILES string of the molecule is Cc1cc(C)n(C(C)C(=O)O)c1C#N. The second kappa shape index (κ2) is 3.54. The summed E-state index contributed by atoms with van der Waals surface area (Å²) in [5.41, 5.74) is 2.05. The maximum Gasteiger partial charge on any atom is 0.326 e. The summed E-state index contributed by atoms with van der Waals surface area (Å²) in [6.45, 7) is 5.17. The van der Waals surface area contributed by atoms with Crippen molar-refractivity contribution >= 4 is 5.97 Å². The quantitative estimate of drug-likeness (QED) is 0.774. The highest BCUT2D eigenvalue weighted by Gasteiger charge is 2.19. The van der Waals surface area contributed by atoms with Crippen molar-refractivity contribution in [3.63, 3.8) is 0 Å². The standard InChI is InChI=1S/C10H12N2O2/c1-6-4-7(2)12(9(6)5-11)8(3)10(13)14/h4,8H,1-3H3,(H,13,14). The van der Waals surface area contributed by atoms with Crippen LogP contribution in [0.15, 0.2) is 6.07 Å². The number of aromatic nitrogens is 1. The van der Waals surface area contributed by atoms with Gasteiger partial charge < -0.3 is 9.67 Å². The average Bonchev–Trinajstić information content (AvgIpc) is 2.38. The Morgan fingerprint density at radius 1 is 1.64 bits per heavy atom. The lowest BCUT2D eigenvalue weighted by Crippen LogP contribution is -2.18. The van der Waals surface area contributed by atoms with Crippen molar-refractivity contribution in [2.24, 2.45) is 0 Å². The third-order valence-corrected chi connectivity index (χ3v) is 2.27. The van der Waals surface area contributed by atoms with Gasteiger partial charge in [-0.15, -0.1) is 0 Å². The molecule has 0 saturated carbocycles. The molecule has 0 spiro atoms. The fraction of sp³-hybridized carbons (Fsp3) is 0.400. The second-order valence-corrected chi connectivity index (χ2v) is 3.31. The van der Waals surface area contributed by atoms with E-state index in [1.54, 1.807) is 20.8 Å². The monoisotopic (exact) mass is 192 g/mol. The molecular weight excluding hydrogens is 180 g/mol. The number of nitrogens with zero attached hydrogens (tertiary/aromatic N) is 2. The van der Waals surface area contributed by atoms with E-state index in [-0.39, 0.29) is 0 Å². The first-order chi connectivity index (χ1) is 6.49. The van der Waals surface area contributed by atoms with Crippen molar-refractivity contribution in [3.05, 3.63) is 23.0 Å². The van der Waals surface area contributed by atoms with E-state index in [9.17, 15) is 4.79 Å². The minimum atomic E-state index is -0.930. The molecule has 14 heavy (non-hydrogen) atoms. The summed E-state index contributed by atoms with van der Waals surface area (Å²) in [7, 11) is 0. The molecule has 1 rings (SSSR count). The minimum Gasteiger partial charge on any atom is -0.480 e. The van der Waals surface area contributed by atoms with Gasteiger partial charge in [0.1, 0.15) is 17.8 Å². The van der Waals surface area contributed by atoms with Gasteiger partial charge in [0, 0.05) is 5.69 Å². The number of aliphatic carboxylic acids is 1. The molecule has 0 aliphatic carbocycles. The van der Waals surface area contributed by atoms with Crippen LogP contribution in [0.3, 0.4) is 0 Å². The van der Waals surface area contributed by atoms with Gasteiger partial charge in [0.05, 0.1) is 0 Å². The van der Waals surface area contributed by atoms with Gasteiger partial charge in [0.25, 0.3) is 0 Å². The Balaban J connectivity index is 3.33. The van der Waals surface area contributed by atoms with E-state index < -0.39 is 12.0 Å². The summed E-state index contributed by atoms with van der Waals surface area (Å²) in [4.78, 5) is 10.8. The normalized spacial score (nSPS) is 12.1. The average molecular weight is 192 g/mol. The van der Waals surface area contributed by atoms with E-state index in [0.717, 1.165) is 11.3 Å². The molecule has 0 radical (unpaired) electrons. The van der Waals surface area contributed by atoms with Gasteiger partial charge in [0.15, 0.2) is 0 Å². The van der Waals surface area contributed by atoms with Gasteiger partial charge in [-0.3, -0.25) is 0 Å². The zero-order valence-corrected chi connectivity index (χ0v) is 8.40. The predicted octanol–water partition coefficient (Wildman–Crippen LogP) is 1.62. The Morgan fingerprint density at radius 3 is 2.64 bits per heavy atom. The molecule has 1 heterocycles. The van der Waals surface area contributed by atoms with Gasteiger partial charge in [0.2, 0.25) is 0 Å². The van der Waals surface area contributed by atoms with Crippen LogP contribution in [0.2, 0.25) is 0 Å². The maximum atomic E-state index is 10.8. The zero-order chi connectivity index (χ0) is 10.9. The third-order valence-electron chi connectivity index (χ3n) is 2.27. The fourth-order valence-electron chi connectivity index (χ4n) is 1.57. The number of nitriles is 1. The summed E-state index contributed by atoms with van der Waals surface area (Å²) >= 11 is 0. The number of aryl methyl sites for hydroxylation is 2. The molecule has 0 amide bonds. The highest BCUT2D eigenvalue weighted by molar-refractivity contribution is 5.72. The van der Waals surface area contributed by atoms with Gasteiger partial charge in [-0.1, -0.05) is 0 Å². The van der Waals surface area contributed by atoms with Crippen molar-refractivity contribution < 1.29 is 9.90 Å². The highest BCUT2D eigenvalue weighted by Crippen LogP contribution is 2.19. The number of carboxylic acids is 1. The van der Waals surface area contributed by atoms with Crippen molar-refractivity contribution in [3.8, 4) is 6.07 Å². The first-order valence-corrected chi connectivity index (χ1v) is 4.30. The van der Waals surface area contributed by atoms with E-state index in [0.29, 0.717) is 5.69 Å². The van der Waals surface area contributed by atoms with Crippen LogP contribution in [0.5, 0.6) is 0 Å². The van der Waals surface area contributed by atoms with Crippen LogP contribution < -0.4 is 0 Å². The van der Waals surface area contributed by atoms with Gasteiger partial charge in [-0.2, -0.15) is 5.26 Å². The zero-order valence-electron chi connectivity index (χ0n) is 8.40. The molecule has 0 aliphatic rings. The second-order valence-electron chi connectivity index (χ2n) is 3.31. The largest absolute Gasteiger partial charge is 0.480 e. The summed E-state index contributed by atoms with van der Waals surface area (Å²) < 4.78 is 1.54. The summed E-state index contributed by atoms with van der Waals surface area (Å²) in [5, 5.41) is 17.7. The molecule has 1 N–H and O–H groups in total. The lowest BCUT2D eigenvalue weighted by Gasteiger charge is -2.12. The predicted molar refractivity (Wildman–Crippen MR) is 51.0 cm³/mol. The van der Waals surface area contributed by atoms with E-state index in [1.807, 2.05) is 12.1 Å². The van der Waals surface area contributed by atoms with Crippen LogP contribution in [0.25, 0.3) is 0 Å². The lowest BCUT2D eigenvalue weighted by atomic mass is 10.2. The van der Waals surface area contributed by atoms with Crippen LogP contribution in [0.1, 0.15) is 29.9 Å². The molecule has 4 heteroatoms. The molecule has 1 aromatic heterocycles. The van der Waals surface area contributed by atoms with Gasteiger partial charge in [-0.25, -0.2) is 4.79 Å². The van der Waals surface area contributed by atoms with Crippen LogP contribution in [-0.4, -0.2) is 15.6 Å². The Morgan fingerprint density at radius 2 is 2.21 bits per heavy atom. The van der Waals surface area contributed by atoms with Crippen molar-refractivity contribution in [1.29, 1.82) is 5.26 Å². The topological polar surface area (TPSA) is 66.0 Å². The Kier molecular flexibility index (Phi) is 2.61. The van der Waals surface area contributed by atoms with Crippen LogP contribution >= 0.6 is 0 Å². The molecule has 0 aliphatic heterocycles. The Bertz CT molecular complexity index is 412. The van der Waals surface area contributed by atoms with E-state index >= 15 is 0 Å². The summed E-state index contributed by atoms with van der Waals surface area (Å²) in [6.07, 6.45) is 0. The molecule has 0 aromatic carbocycles. The molecule has 74 valence electrons. The Hall–Kier alpha value is -1.76. The number of carbonyl (C=O) groups is 1. The van der Waals surface area contributed by atoms with Gasteiger partial charge in [-0.05, 0) is 32.4 Å². The molecule has 1 unspecified atom stereocenters. The number of hydrogen-bond donors (Lipinski definition) is 1. The molecule has 4 nitrogen and oxygen atoms in total. The van der Waals surface area contributed by atoms with Crippen molar-refractivity contribution in [2.75, 3.05) is 0 Å². The van der Waals surface area contributed by atoms with Crippen molar-refractivity contribution in [2.45, 2.75) is 26.8 Å². The van der Waals surface area contributed by atoms with Crippen LogP contribution in [0.4, 0.5) is 0 Å². The molecule has 0 fully saturated rings. The van der Waals surface area contributed by atoms with E-state index in [1.165, 1.54) is 4.57 Å². The molecule has 1 atom stereocenters. The maximum absolute atomic E-state index is 10.8. The smallest absolute Gasteiger partial charge is 0.326 e. The Labute approximate surface area is 82.4 Å². The van der Waals surface area contributed by atoms with E-state index in [4.69, 9.17) is 10.4 Å². The van der Waals surface area contributed by atoms with E-state index in [2.05, 4.69) is 0 Å². The summed E-state index contributed by atoms with van der Waals surface area (Å²) in [6, 6.07) is 3.14. The first-order valence-electron chi connectivity index (χ1n) is 4.30. The number of hydrogen-bond acceptors (Lipinski definition) is 2. The minimum absolute atomic E-state index is 0.428. The molecule has 0 bridgehead atoms. The molecule has 1 aromatic rings. The highest BCUT2D eigenvalue weighted by atomic mass is 16.4. The summed E-state index contributed by atoms with van der Waals surface area (Å²) in [5.74, 6) is -0.930. The van der Waals surface area contributed by atoms with Crippen LogP contribution in [-0.2, 0) is 4.79 Å². The van der Waals surface area contributed by atoms with Gasteiger partial charge >= 0.3 is 5.97 Å². The van der Waals surface area contributed by atoms with Crippen LogP contribution in [0, 0.1) is 25.2 Å². The van der Waals surface area contributed by atoms with Crippen molar-refractivity contribution in [1.82, 2.24) is 4.57 Å². The fourth-order valence-corrected chi connectivity index (χ4v) is 1.57. The third kappa shape index (κ3) is 1.49. The molecular formula is C10H12N2O2. The number of rotatable bonds is 2. The first kappa shape index (κ1) is 10.3. The number of carboxylic acid groups (broad SMARTS) is 1. The molecule has 0 saturated heterocycles.